The second-order valence-corrected chi connectivity index (χ2v) is 5.88. The van der Waals surface area contributed by atoms with E-state index in [1.165, 1.54) is 12.8 Å². The average Bonchev–Trinajstić information content (AvgIpc) is 3.02. The topological polar surface area (TPSA) is 67.7 Å². The van der Waals surface area contributed by atoms with Crippen molar-refractivity contribution >= 4 is 29.9 Å². The average molecular weight is 426 g/mol. The molecule has 1 atom stereocenters. The van der Waals surface area contributed by atoms with E-state index in [2.05, 4.69) is 21.8 Å². The smallest absolute Gasteiger partial charge is 0.226 e. The van der Waals surface area contributed by atoms with Crippen LogP contribution in [0.25, 0.3) is 11.5 Å². The van der Waals surface area contributed by atoms with E-state index in [-0.39, 0.29) is 24.0 Å². The van der Waals surface area contributed by atoms with Crippen molar-refractivity contribution in [1.82, 2.24) is 9.88 Å². The highest BCUT2D eigenvalue weighted by atomic mass is 127. The van der Waals surface area contributed by atoms with Gasteiger partial charge in [-0.05, 0) is 30.9 Å². The fraction of sp³-hybridized carbons (Fsp3) is 0.412. The van der Waals surface area contributed by atoms with Gasteiger partial charge in [-0.3, -0.25) is 0 Å². The fourth-order valence-corrected chi connectivity index (χ4v) is 2.75. The molecule has 0 amide bonds. The van der Waals surface area contributed by atoms with Crippen LogP contribution < -0.4 is 5.73 Å². The maximum absolute atomic E-state index is 6.09. The Labute approximate surface area is 154 Å². The van der Waals surface area contributed by atoms with Crippen molar-refractivity contribution in [2.24, 2.45) is 16.6 Å². The Hall–Kier alpha value is -1.57. The number of nitrogens with two attached hydrogens (primary N) is 1. The Morgan fingerprint density at radius 3 is 2.91 bits per heavy atom. The van der Waals surface area contributed by atoms with E-state index in [0.29, 0.717) is 24.3 Å². The lowest BCUT2D eigenvalue weighted by atomic mass is 10.0. The van der Waals surface area contributed by atoms with Crippen molar-refractivity contribution in [2.45, 2.75) is 26.3 Å². The Kier molecular flexibility index (Phi) is 6.44. The Morgan fingerprint density at radius 1 is 1.39 bits per heavy atom. The summed E-state index contributed by atoms with van der Waals surface area (Å²) in [6.07, 6.45) is 4.10. The lowest BCUT2D eigenvalue weighted by molar-refractivity contribution is 0.270. The monoisotopic (exact) mass is 426 g/mol. The van der Waals surface area contributed by atoms with Gasteiger partial charge in [0, 0.05) is 18.7 Å². The number of halogens is 1. The van der Waals surface area contributed by atoms with E-state index in [9.17, 15) is 0 Å². The molecule has 1 saturated heterocycles. The summed E-state index contributed by atoms with van der Waals surface area (Å²) in [4.78, 5) is 11.1. The molecule has 1 aromatic heterocycles. The number of hydrogen-bond acceptors (Lipinski definition) is 3. The second-order valence-electron chi connectivity index (χ2n) is 5.88. The molecule has 1 unspecified atom stereocenters. The summed E-state index contributed by atoms with van der Waals surface area (Å²) in [5, 5.41) is 0. The van der Waals surface area contributed by atoms with E-state index < -0.39 is 0 Å². The normalized spacial score (nSPS) is 18.6. The van der Waals surface area contributed by atoms with Crippen LogP contribution in [-0.2, 0) is 6.54 Å². The molecule has 5 nitrogen and oxygen atoms in total. The Bertz CT molecular complexity index is 641. The first-order chi connectivity index (χ1) is 10.7. The first-order valence-corrected chi connectivity index (χ1v) is 7.77. The van der Waals surface area contributed by atoms with Gasteiger partial charge in [-0.2, -0.15) is 0 Å². The minimum atomic E-state index is 0. The van der Waals surface area contributed by atoms with E-state index in [4.69, 9.17) is 10.2 Å². The zero-order valence-corrected chi connectivity index (χ0v) is 15.6. The number of nitrogens with zero attached hydrogens (tertiary/aromatic N) is 3. The first kappa shape index (κ1) is 17.8. The summed E-state index contributed by atoms with van der Waals surface area (Å²) in [7, 11) is 0. The zero-order valence-electron chi connectivity index (χ0n) is 13.3. The van der Waals surface area contributed by atoms with E-state index >= 15 is 0 Å². The number of guanidine groups is 1. The zero-order chi connectivity index (χ0) is 15.4. The predicted molar refractivity (Wildman–Crippen MR) is 103 cm³/mol. The minimum Gasteiger partial charge on any atom is -0.444 e. The highest BCUT2D eigenvalue weighted by Gasteiger charge is 2.17. The summed E-state index contributed by atoms with van der Waals surface area (Å²) in [6, 6.07) is 9.85. The van der Waals surface area contributed by atoms with Crippen molar-refractivity contribution < 1.29 is 4.42 Å². The van der Waals surface area contributed by atoms with Crippen LogP contribution in [0.5, 0.6) is 0 Å². The number of hydrogen-bond donors (Lipinski definition) is 1. The standard InChI is InChI=1S/C17H22N4O.HI/c1-13-6-5-9-21(11-13)17(18)19-10-15-12-22-16(20-15)14-7-3-2-4-8-14;/h2-4,7-8,12-13H,5-6,9-11H2,1H3,(H2,18,19);1H. The minimum absolute atomic E-state index is 0. The number of likely N-dealkylation sites (tertiary alicyclic amines) is 1. The number of aliphatic imine (C=N–C) groups is 1. The summed E-state index contributed by atoms with van der Waals surface area (Å²) in [5.74, 6) is 1.91. The van der Waals surface area contributed by atoms with Crippen LogP contribution in [0.2, 0.25) is 0 Å². The predicted octanol–water partition coefficient (Wildman–Crippen LogP) is 3.51. The molecular formula is C17H23IN4O. The fourth-order valence-electron chi connectivity index (χ4n) is 2.75. The molecule has 1 aliphatic heterocycles. The molecular weight excluding hydrogens is 403 g/mol. The molecule has 0 saturated carbocycles. The Balaban J connectivity index is 0.00000192. The van der Waals surface area contributed by atoms with Crippen molar-refractivity contribution in [2.75, 3.05) is 13.1 Å². The molecule has 124 valence electrons. The van der Waals surface area contributed by atoms with Crippen molar-refractivity contribution in [3.05, 3.63) is 42.3 Å². The third-order valence-electron chi connectivity index (χ3n) is 3.96. The Morgan fingerprint density at radius 2 is 2.17 bits per heavy atom. The number of piperidine rings is 1. The van der Waals surface area contributed by atoms with E-state index in [1.54, 1.807) is 6.26 Å². The summed E-state index contributed by atoms with van der Waals surface area (Å²) in [6.45, 7) is 4.69. The quantitative estimate of drug-likeness (QED) is 0.464. The van der Waals surface area contributed by atoms with Gasteiger partial charge in [0.25, 0.3) is 0 Å². The summed E-state index contributed by atoms with van der Waals surface area (Å²) in [5.41, 5.74) is 7.86. The van der Waals surface area contributed by atoms with Gasteiger partial charge in [-0.25, -0.2) is 9.98 Å². The van der Waals surface area contributed by atoms with Crippen LogP contribution in [0.15, 0.2) is 46.0 Å². The van der Waals surface area contributed by atoms with Gasteiger partial charge >= 0.3 is 0 Å². The van der Waals surface area contributed by atoms with E-state index in [0.717, 1.165) is 24.3 Å². The second kappa shape index (κ2) is 8.33. The highest BCUT2D eigenvalue weighted by Crippen LogP contribution is 2.18. The molecule has 23 heavy (non-hydrogen) atoms. The van der Waals surface area contributed by atoms with Crippen LogP contribution in [-0.4, -0.2) is 28.9 Å². The lowest BCUT2D eigenvalue weighted by Crippen LogP contribution is -2.43. The molecule has 2 heterocycles. The molecule has 0 bridgehead atoms. The van der Waals surface area contributed by atoms with Gasteiger partial charge in [0.1, 0.15) is 12.0 Å². The van der Waals surface area contributed by atoms with Crippen molar-refractivity contribution in [3.63, 3.8) is 0 Å². The number of rotatable bonds is 3. The number of oxazole rings is 1. The molecule has 0 radical (unpaired) electrons. The van der Waals surface area contributed by atoms with Crippen molar-refractivity contribution in [3.8, 4) is 11.5 Å². The first-order valence-electron chi connectivity index (χ1n) is 7.77. The maximum Gasteiger partial charge on any atom is 0.226 e. The third kappa shape index (κ3) is 4.70. The molecule has 3 rings (SSSR count). The molecule has 2 aromatic rings. The lowest BCUT2D eigenvalue weighted by Gasteiger charge is -2.31. The van der Waals surface area contributed by atoms with Gasteiger partial charge in [-0.1, -0.05) is 25.1 Å². The van der Waals surface area contributed by atoms with Gasteiger partial charge in [-0.15, -0.1) is 24.0 Å². The maximum atomic E-state index is 6.09. The van der Waals surface area contributed by atoms with E-state index in [1.807, 2.05) is 30.3 Å². The van der Waals surface area contributed by atoms with Crippen LogP contribution in [0.4, 0.5) is 0 Å². The van der Waals surface area contributed by atoms with Crippen LogP contribution in [0, 0.1) is 5.92 Å². The number of aromatic nitrogens is 1. The summed E-state index contributed by atoms with van der Waals surface area (Å²) >= 11 is 0. The molecule has 0 spiro atoms. The molecule has 6 heteroatoms. The largest absolute Gasteiger partial charge is 0.444 e. The molecule has 1 fully saturated rings. The van der Waals surface area contributed by atoms with Crippen LogP contribution in [0.3, 0.4) is 0 Å². The highest BCUT2D eigenvalue weighted by molar-refractivity contribution is 14.0. The van der Waals surface area contributed by atoms with Crippen LogP contribution >= 0.6 is 24.0 Å². The molecule has 2 N–H and O–H groups in total. The molecule has 1 aliphatic rings. The van der Waals surface area contributed by atoms with Gasteiger partial charge in [0.2, 0.25) is 5.89 Å². The van der Waals surface area contributed by atoms with Crippen molar-refractivity contribution in [1.29, 1.82) is 0 Å². The third-order valence-corrected chi connectivity index (χ3v) is 3.96. The summed E-state index contributed by atoms with van der Waals surface area (Å²) < 4.78 is 5.51. The molecule has 1 aromatic carbocycles. The van der Waals surface area contributed by atoms with Gasteiger partial charge in [0.05, 0.1) is 6.54 Å². The number of benzene rings is 1. The van der Waals surface area contributed by atoms with Gasteiger partial charge in [0.15, 0.2) is 5.96 Å². The van der Waals surface area contributed by atoms with Gasteiger partial charge < -0.3 is 15.1 Å². The van der Waals surface area contributed by atoms with Crippen LogP contribution in [0.1, 0.15) is 25.5 Å². The SMILES string of the molecule is CC1CCCN(C(N)=NCc2coc(-c3ccccc3)n2)C1.I. The molecule has 0 aliphatic carbocycles.